The van der Waals surface area contributed by atoms with Gasteiger partial charge in [-0.1, -0.05) is 18.2 Å². The number of benzene rings is 1. The van der Waals surface area contributed by atoms with Gasteiger partial charge in [0.2, 0.25) is 15.9 Å². The molecule has 1 aromatic rings. The molecule has 1 aliphatic heterocycles. The first-order chi connectivity index (χ1) is 10.8. The van der Waals surface area contributed by atoms with Crippen LogP contribution >= 0.6 is 0 Å². The highest BCUT2D eigenvalue weighted by atomic mass is 32.2. The van der Waals surface area contributed by atoms with Gasteiger partial charge in [-0.15, -0.1) is 0 Å². The zero-order chi connectivity index (χ0) is 17.0. The number of nitrogens with zero attached hydrogens (tertiary/aromatic N) is 1. The van der Waals surface area contributed by atoms with Crippen molar-refractivity contribution < 1.29 is 18.0 Å². The van der Waals surface area contributed by atoms with E-state index in [4.69, 9.17) is 0 Å². The van der Waals surface area contributed by atoms with Crippen LogP contribution in [0, 0.1) is 5.92 Å². The molecule has 2 amide bonds. The normalized spacial score (nSPS) is 18.7. The van der Waals surface area contributed by atoms with Crippen LogP contribution in [0.1, 0.15) is 37.0 Å². The molecular weight excluding hydrogens is 316 g/mol. The quantitative estimate of drug-likeness (QED) is 0.899. The van der Waals surface area contributed by atoms with E-state index >= 15 is 0 Å². The van der Waals surface area contributed by atoms with Crippen LogP contribution in [-0.2, 0) is 14.8 Å². The summed E-state index contributed by atoms with van der Waals surface area (Å²) in [6.45, 7) is 3.85. The highest BCUT2D eigenvalue weighted by molar-refractivity contribution is 7.90. The Labute approximate surface area is 136 Å². The van der Waals surface area contributed by atoms with E-state index in [0.29, 0.717) is 24.9 Å². The first kappa shape index (κ1) is 17.5. The minimum Gasteiger partial charge on any atom is -0.338 e. The van der Waals surface area contributed by atoms with Gasteiger partial charge in [-0.2, -0.15) is 0 Å². The lowest BCUT2D eigenvalue weighted by Crippen LogP contribution is -2.47. The molecule has 0 saturated carbocycles. The average Bonchev–Trinajstić information content (AvgIpc) is 2.54. The number of likely N-dealkylation sites (tertiary alicyclic amines) is 1. The zero-order valence-corrected chi connectivity index (χ0v) is 14.2. The smallest absolute Gasteiger partial charge is 0.253 e. The van der Waals surface area contributed by atoms with E-state index < -0.39 is 27.1 Å². The summed E-state index contributed by atoms with van der Waals surface area (Å²) >= 11 is 0. The molecule has 1 saturated heterocycles. The van der Waals surface area contributed by atoms with Crippen molar-refractivity contribution >= 4 is 21.8 Å². The Morgan fingerprint density at radius 2 is 1.87 bits per heavy atom. The van der Waals surface area contributed by atoms with Crippen molar-refractivity contribution in [3.8, 4) is 0 Å². The number of nitrogens with one attached hydrogen (secondary N) is 1. The zero-order valence-electron chi connectivity index (χ0n) is 13.4. The number of rotatable bonds is 4. The molecule has 1 aromatic carbocycles. The maximum atomic E-state index is 12.4. The highest BCUT2D eigenvalue weighted by Crippen LogP contribution is 2.19. The van der Waals surface area contributed by atoms with Crippen LogP contribution < -0.4 is 4.72 Å². The largest absolute Gasteiger partial charge is 0.338 e. The van der Waals surface area contributed by atoms with Crippen molar-refractivity contribution in [2.45, 2.75) is 31.9 Å². The van der Waals surface area contributed by atoms with Crippen LogP contribution in [0.3, 0.4) is 0 Å². The lowest BCUT2D eigenvalue weighted by atomic mass is 9.97. The molecular formula is C16H22N2O4S. The van der Waals surface area contributed by atoms with Crippen molar-refractivity contribution in [3.05, 3.63) is 35.9 Å². The minimum absolute atomic E-state index is 0.130. The molecule has 1 fully saturated rings. The number of sulfonamides is 1. The fraction of sp³-hybridized carbons (Fsp3) is 0.500. The fourth-order valence-corrected chi connectivity index (χ4v) is 3.16. The van der Waals surface area contributed by atoms with Crippen molar-refractivity contribution in [1.29, 1.82) is 0 Å². The monoisotopic (exact) mass is 338 g/mol. The standard InChI is InChI=1S/C16H22N2O4S/c1-12(2)23(21,22)17-15(19)14-9-6-10-18(11-14)16(20)13-7-4-3-5-8-13/h3-5,7-8,12,14H,6,9-11H2,1-2H3,(H,17,19)/t14-/m1/s1. The Morgan fingerprint density at radius 3 is 2.48 bits per heavy atom. The number of hydrogen-bond acceptors (Lipinski definition) is 4. The van der Waals surface area contributed by atoms with Gasteiger partial charge in [0, 0.05) is 18.7 Å². The van der Waals surface area contributed by atoms with Crippen molar-refractivity contribution in [1.82, 2.24) is 9.62 Å². The average molecular weight is 338 g/mol. The summed E-state index contributed by atoms with van der Waals surface area (Å²) in [5.41, 5.74) is 0.573. The third-order valence-corrected chi connectivity index (χ3v) is 5.69. The van der Waals surface area contributed by atoms with Gasteiger partial charge >= 0.3 is 0 Å². The highest BCUT2D eigenvalue weighted by Gasteiger charge is 2.31. The topological polar surface area (TPSA) is 83.6 Å². The summed E-state index contributed by atoms with van der Waals surface area (Å²) in [6, 6.07) is 8.87. The van der Waals surface area contributed by atoms with Crippen LogP contribution in [0.2, 0.25) is 0 Å². The van der Waals surface area contributed by atoms with E-state index in [9.17, 15) is 18.0 Å². The first-order valence-corrected chi connectivity index (χ1v) is 9.25. The maximum Gasteiger partial charge on any atom is 0.253 e. The summed E-state index contributed by atoms with van der Waals surface area (Å²) in [4.78, 5) is 26.2. The van der Waals surface area contributed by atoms with E-state index in [2.05, 4.69) is 4.72 Å². The van der Waals surface area contributed by atoms with Crippen molar-refractivity contribution in [3.63, 3.8) is 0 Å². The Balaban J connectivity index is 2.03. The minimum atomic E-state index is -3.64. The van der Waals surface area contributed by atoms with Gasteiger partial charge in [-0.05, 0) is 38.8 Å². The predicted octanol–water partition coefficient (Wildman–Crippen LogP) is 1.39. The van der Waals surface area contributed by atoms with Crippen molar-refractivity contribution in [2.24, 2.45) is 5.92 Å². The molecule has 23 heavy (non-hydrogen) atoms. The van der Waals surface area contributed by atoms with Crippen LogP contribution in [-0.4, -0.2) is 43.5 Å². The molecule has 6 nitrogen and oxygen atoms in total. The van der Waals surface area contributed by atoms with Gasteiger partial charge < -0.3 is 4.90 Å². The van der Waals surface area contributed by atoms with Gasteiger partial charge in [0.15, 0.2) is 0 Å². The molecule has 1 atom stereocenters. The number of carbonyl (C=O) groups is 2. The van der Waals surface area contributed by atoms with Gasteiger partial charge in [-0.25, -0.2) is 8.42 Å². The van der Waals surface area contributed by atoms with E-state index in [1.54, 1.807) is 29.2 Å². The second kappa shape index (κ2) is 7.12. The van der Waals surface area contributed by atoms with Crippen LogP contribution in [0.5, 0.6) is 0 Å². The Morgan fingerprint density at radius 1 is 1.22 bits per heavy atom. The molecule has 0 aliphatic carbocycles. The summed E-state index contributed by atoms with van der Waals surface area (Å²) in [6.07, 6.45) is 1.26. The summed E-state index contributed by atoms with van der Waals surface area (Å²) in [5.74, 6) is -1.15. The summed E-state index contributed by atoms with van der Waals surface area (Å²) in [7, 11) is -3.64. The van der Waals surface area contributed by atoms with E-state index in [1.165, 1.54) is 13.8 Å². The molecule has 2 rings (SSSR count). The third-order valence-electron chi connectivity index (χ3n) is 3.96. The Kier molecular flexibility index (Phi) is 5.41. The lowest BCUT2D eigenvalue weighted by molar-refractivity contribution is -0.124. The maximum absolute atomic E-state index is 12.4. The second-order valence-electron chi connectivity index (χ2n) is 6.02. The van der Waals surface area contributed by atoms with Gasteiger partial charge in [0.05, 0.1) is 11.2 Å². The first-order valence-electron chi connectivity index (χ1n) is 7.71. The number of piperidine rings is 1. The molecule has 0 unspecified atom stereocenters. The SMILES string of the molecule is CC(C)S(=O)(=O)NC(=O)[C@@H]1CCCN(C(=O)c2ccccc2)C1. The summed E-state index contributed by atoms with van der Waals surface area (Å²) < 4.78 is 25.7. The van der Waals surface area contributed by atoms with Crippen LogP contribution in [0.4, 0.5) is 0 Å². The second-order valence-corrected chi connectivity index (χ2v) is 8.25. The van der Waals surface area contributed by atoms with Crippen LogP contribution in [0.25, 0.3) is 0 Å². The Hall–Kier alpha value is -1.89. The van der Waals surface area contributed by atoms with Gasteiger partial charge in [-0.3, -0.25) is 14.3 Å². The molecule has 0 bridgehead atoms. The molecule has 126 valence electrons. The molecule has 0 spiro atoms. The molecule has 1 aliphatic rings. The summed E-state index contributed by atoms with van der Waals surface area (Å²) in [5, 5.41) is -0.669. The molecule has 1 heterocycles. The molecule has 1 N–H and O–H groups in total. The predicted molar refractivity (Wildman–Crippen MR) is 87.3 cm³/mol. The third kappa shape index (κ3) is 4.31. The molecule has 0 radical (unpaired) electrons. The molecule has 7 heteroatoms. The lowest BCUT2D eigenvalue weighted by Gasteiger charge is -2.32. The van der Waals surface area contributed by atoms with Gasteiger partial charge in [0.1, 0.15) is 0 Å². The van der Waals surface area contributed by atoms with E-state index in [1.807, 2.05) is 6.07 Å². The van der Waals surface area contributed by atoms with E-state index in [-0.39, 0.29) is 12.5 Å². The number of hydrogen-bond donors (Lipinski definition) is 1. The number of amides is 2. The van der Waals surface area contributed by atoms with Gasteiger partial charge in [0.25, 0.3) is 5.91 Å². The molecule has 0 aromatic heterocycles. The van der Waals surface area contributed by atoms with Crippen LogP contribution in [0.15, 0.2) is 30.3 Å². The van der Waals surface area contributed by atoms with E-state index in [0.717, 1.165) is 0 Å². The number of carbonyl (C=O) groups excluding carboxylic acids is 2. The Bertz CT molecular complexity index is 671. The fourth-order valence-electron chi connectivity index (χ4n) is 2.48. The van der Waals surface area contributed by atoms with Crippen molar-refractivity contribution in [2.75, 3.05) is 13.1 Å².